The van der Waals surface area contributed by atoms with E-state index >= 15 is 0 Å². The Hall–Kier alpha value is -1.10. The Morgan fingerprint density at radius 3 is 2.22 bits per heavy atom. The van der Waals surface area contributed by atoms with Gasteiger partial charge in [-0.1, -0.05) is 19.1 Å². The average molecular weight is 254 g/mol. The molecular weight excluding hydrogens is 232 g/mol. The number of rotatable bonds is 7. The number of hydrogen-bond acceptors (Lipinski definition) is 4. The molecule has 1 rings (SSSR count). The molecule has 0 aliphatic rings. The highest BCUT2D eigenvalue weighted by Crippen LogP contribution is 2.13. The van der Waals surface area contributed by atoms with Gasteiger partial charge in [0.1, 0.15) is 5.75 Å². The number of aliphatic hydroxyl groups is 2. The molecule has 3 atom stereocenters. The summed E-state index contributed by atoms with van der Waals surface area (Å²) < 4.78 is 10.6. The van der Waals surface area contributed by atoms with Crippen LogP contribution in [0.5, 0.6) is 5.75 Å². The first-order valence-corrected chi connectivity index (χ1v) is 6.11. The lowest BCUT2D eigenvalue weighted by atomic mass is 10.0. The van der Waals surface area contributed by atoms with E-state index < -0.39 is 12.2 Å². The standard InChI is InChI=1S/C14H22O4/c1-10(14(16)11(2)15)8-18-9-12-4-6-13(17-3)7-5-12/h4-7,10-11,14-16H,8-9H2,1-3H3/t10?,11-,14?/m0/s1. The molecule has 0 aliphatic carbocycles. The van der Waals surface area contributed by atoms with Gasteiger partial charge >= 0.3 is 0 Å². The van der Waals surface area contributed by atoms with Crippen LogP contribution in [0.2, 0.25) is 0 Å². The maximum absolute atomic E-state index is 9.61. The van der Waals surface area contributed by atoms with Crippen LogP contribution in [0.3, 0.4) is 0 Å². The highest BCUT2D eigenvalue weighted by molar-refractivity contribution is 5.26. The van der Waals surface area contributed by atoms with Crippen molar-refractivity contribution >= 4 is 0 Å². The summed E-state index contributed by atoms with van der Waals surface area (Å²) in [5, 5.41) is 18.9. The van der Waals surface area contributed by atoms with E-state index in [1.807, 2.05) is 31.2 Å². The van der Waals surface area contributed by atoms with Crippen LogP contribution in [0.4, 0.5) is 0 Å². The van der Waals surface area contributed by atoms with Crippen LogP contribution in [0.15, 0.2) is 24.3 Å². The van der Waals surface area contributed by atoms with Crippen LogP contribution < -0.4 is 4.74 Å². The first-order valence-electron chi connectivity index (χ1n) is 6.11. The summed E-state index contributed by atoms with van der Waals surface area (Å²) in [5.74, 6) is 0.722. The van der Waals surface area contributed by atoms with Crippen LogP contribution in [0.25, 0.3) is 0 Å². The molecule has 1 aromatic carbocycles. The van der Waals surface area contributed by atoms with E-state index in [-0.39, 0.29) is 5.92 Å². The van der Waals surface area contributed by atoms with Crippen molar-refractivity contribution in [2.24, 2.45) is 5.92 Å². The summed E-state index contributed by atoms with van der Waals surface area (Å²) in [6.07, 6.45) is -1.48. The van der Waals surface area contributed by atoms with Crippen molar-refractivity contribution in [3.8, 4) is 5.75 Å². The fourth-order valence-corrected chi connectivity index (χ4v) is 1.66. The number of methoxy groups -OCH3 is 1. The maximum Gasteiger partial charge on any atom is 0.118 e. The second kappa shape index (κ2) is 7.36. The molecule has 1 aromatic rings. The number of aliphatic hydroxyl groups excluding tert-OH is 2. The fourth-order valence-electron chi connectivity index (χ4n) is 1.66. The van der Waals surface area contributed by atoms with Gasteiger partial charge in [-0.3, -0.25) is 0 Å². The van der Waals surface area contributed by atoms with Crippen molar-refractivity contribution in [2.45, 2.75) is 32.7 Å². The molecule has 4 heteroatoms. The summed E-state index contributed by atoms with van der Waals surface area (Å²) in [5.41, 5.74) is 1.05. The summed E-state index contributed by atoms with van der Waals surface area (Å²) in [7, 11) is 1.63. The highest BCUT2D eigenvalue weighted by Gasteiger charge is 2.19. The van der Waals surface area contributed by atoms with E-state index in [0.29, 0.717) is 13.2 Å². The Balaban J connectivity index is 2.32. The minimum atomic E-state index is -0.749. The van der Waals surface area contributed by atoms with E-state index in [4.69, 9.17) is 9.47 Å². The third kappa shape index (κ3) is 4.64. The molecule has 0 fully saturated rings. The van der Waals surface area contributed by atoms with Crippen molar-refractivity contribution in [2.75, 3.05) is 13.7 Å². The molecule has 102 valence electrons. The maximum atomic E-state index is 9.61. The van der Waals surface area contributed by atoms with Gasteiger partial charge < -0.3 is 19.7 Å². The van der Waals surface area contributed by atoms with Crippen LogP contribution in [-0.2, 0) is 11.3 Å². The van der Waals surface area contributed by atoms with Crippen molar-refractivity contribution in [3.05, 3.63) is 29.8 Å². The molecule has 4 nitrogen and oxygen atoms in total. The zero-order valence-electron chi connectivity index (χ0n) is 11.2. The second-order valence-corrected chi connectivity index (χ2v) is 4.57. The quantitative estimate of drug-likeness (QED) is 0.776. The van der Waals surface area contributed by atoms with E-state index in [9.17, 15) is 10.2 Å². The van der Waals surface area contributed by atoms with Gasteiger partial charge in [0.25, 0.3) is 0 Å². The fraction of sp³-hybridized carbons (Fsp3) is 0.571. The van der Waals surface area contributed by atoms with Crippen molar-refractivity contribution in [1.82, 2.24) is 0 Å². The summed E-state index contributed by atoms with van der Waals surface area (Å²) in [6, 6.07) is 7.64. The van der Waals surface area contributed by atoms with Crippen LogP contribution in [0.1, 0.15) is 19.4 Å². The molecule has 0 bridgehead atoms. The molecule has 18 heavy (non-hydrogen) atoms. The normalized spacial score (nSPS) is 16.1. The van der Waals surface area contributed by atoms with Gasteiger partial charge in [0.15, 0.2) is 0 Å². The van der Waals surface area contributed by atoms with E-state index in [0.717, 1.165) is 11.3 Å². The lowest BCUT2D eigenvalue weighted by Gasteiger charge is -2.21. The predicted octanol–water partition coefficient (Wildman–Crippen LogP) is 1.59. The Labute approximate surface area is 108 Å². The molecule has 0 radical (unpaired) electrons. The molecule has 0 aromatic heterocycles. The van der Waals surface area contributed by atoms with Gasteiger partial charge in [-0.15, -0.1) is 0 Å². The van der Waals surface area contributed by atoms with Gasteiger partial charge in [0.2, 0.25) is 0 Å². The molecule has 0 aliphatic heterocycles. The number of hydrogen-bond donors (Lipinski definition) is 2. The van der Waals surface area contributed by atoms with Crippen molar-refractivity contribution in [3.63, 3.8) is 0 Å². The van der Waals surface area contributed by atoms with Gasteiger partial charge in [-0.2, -0.15) is 0 Å². The zero-order valence-corrected chi connectivity index (χ0v) is 11.2. The molecular formula is C14H22O4. The summed E-state index contributed by atoms with van der Waals surface area (Å²) >= 11 is 0. The summed E-state index contributed by atoms with van der Waals surface area (Å²) in [4.78, 5) is 0. The monoisotopic (exact) mass is 254 g/mol. The number of ether oxygens (including phenoxy) is 2. The first-order chi connectivity index (χ1) is 8.54. The largest absolute Gasteiger partial charge is 0.497 e. The third-order valence-corrected chi connectivity index (χ3v) is 2.89. The summed E-state index contributed by atoms with van der Waals surface area (Å²) in [6.45, 7) is 4.33. The molecule has 2 N–H and O–H groups in total. The molecule has 0 spiro atoms. The first kappa shape index (κ1) is 15.0. The average Bonchev–Trinajstić information content (AvgIpc) is 2.38. The highest BCUT2D eigenvalue weighted by atomic mass is 16.5. The van der Waals surface area contributed by atoms with Gasteiger partial charge in [-0.25, -0.2) is 0 Å². The molecule has 0 heterocycles. The lowest BCUT2D eigenvalue weighted by molar-refractivity contribution is -0.0338. The number of benzene rings is 1. The lowest BCUT2D eigenvalue weighted by Crippen LogP contribution is -2.32. The van der Waals surface area contributed by atoms with E-state index in [1.165, 1.54) is 0 Å². The SMILES string of the molecule is COc1ccc(COCC(C)C(O)[C@H](C)O)cc1. The Bertz CT molecular complexity index is 334. The molecule has 0 saturated heterocycles. The van der Waals surface area contributed by atoms with E-state index in [1.54, 1.807) is 14.0 Å². The Morgan fingerprint density at radius 1 is 1.11 bits per heavy atom. The van der Waals surface area contributed by atoms with Gasteiger partial charge in [0.05, 0.1) is 32.5 Å². The van der Waals surface area contributed by atoms with E-state index in [2.05, 4.69) is 0 Å². The minimum absolute atomic E-state index is 0.0942. The predicted molar refractivity (Wildman–Crippen MR) is 69.5 cm³/mol. The van der Waals surface area contributed by atoms with Crippen LogP contribution in [-0.4, -0.2) is 36.1 Å². The van der Waals surface area contributed by atoms with Crippen LogP contribution in [0, 0.1) is 5.92 Å². The van der Waals surface area contributed by atoms with Crippen molar-refractivity contribution < 1.29 is 19.7 Å². The van der Waals surface area contributed by atoms with Gasteiger partial charge in [0, 0.05) is 5.92 Å². The topological polar surface area (TPSA) is 58.9 Å². The van der Waals surface area contributed by atoms with Crippen LogP contribution >= 0.6 is 0 Å². The Morgan fingerprint density at radius 2 is 1.72 bits per heavy atom. The second-order valence-electron chi connectivity index (χ2n) is 4.57. The molecule has 0 saturated carbocycles. The zero-order chi connectivity index (χ0) is 13.5. The molecule has 0 amide bonds. The smallest absolute Gasteiger partial charge is 0.118 e. The minimum Gasteiger partial charge on any atom is -0.497 e. The third-order valence-electron chi connectivity index (χ3n) is 2.89. The molecule has 2 unspecified atom stereocenters. The van der Waals surface area contributed by atoms with Crippen molar-refractivity contribution in [1.29, 1.82) is 0 Å². The van der Waals surface area contributed by atoms with Gasteiger partial charge in [-0.05, 0) is 24.6 Å². The Kier molecular flexibility index (Phi) is 6.12.